The maximum Gasteiger partial charge on any atom is 0.274 e. The standard InChI is InChI=1S/C15H24N2O3S/c1-11-3-2-4-13(9-11)17-21(18,19)15-8-7-14(20-15)10-16-12-5-6-12/h7-8,11-13,16-17H,2-6,9-10H2,1H3. The van der Waals surface area contributed by atoms with Gasteiger partial charge in [-0.15, -0.1) is 0 Å². The Balaban J connectivity index is 1.60. The van der Waals surface area contributed by atoms with Crippen LogP contribution in [0.1, 0.15) is 51.2 Å². The zero-order valence-corrected chi connectivity index (χ0v) is 13.3. The maximum absolute atomic E-state index is 12.3. The molecule has 1 aromatic heterocycles. The van der Waals surface area contributed by atoms with Gasteiger partial charge >= 0.3 is 0 Å². The summed E-state index contributed by atoms with van der Waals surface area (Å²) in [5.74, 6) is 1.26. The monoisotopic (exact) mass is 312 g/mol. The van der Waals surface area contributed by atoms with Crippen molar-refractivity contribution < 1.29 is 12.8 Å². The summed E-state index contributed by atoms with van der Waals surface area (Å²) in [6.07, 6.45) is 6.51. The molecule has 2 fully saturated rings. The summed E-state index contributed by atoms with van der Waals surface area (Å²) in [7, 11) is -3.53. The first-order valence-electron chi connectivity index (χ1n) is 7.87. The van der Waals surface area contributed by atoms with Gasteiger partial charge in [-0.05, 0) is 43.7 Å². The summed E-state index contributed by atoms with van der Waals surface area (Å²) in [5.41, 5.74) is 0. The number of sulfonamides is 1. The van der Waals surface area contributed by atoms with Crippen LogP contribution in [0.3, 0.4) is 0 Å². The molecule has 21 heavy (non-hydrogen) atoms. The Bertz CT molecular complexity index is 577. The Kier molecular flexibility index (Phi) is 4.38. The zero-order valence-electron chi connectivity index (χ0n) is 12.5. The van der Waals surface area contributed by atoms with E-state index in [9.17, 15) is 8.42 Å². The third-order valence-corrected chi connectivity index (χ3v) is 5.70. The maximum atomic E-state index is 12.3. The van der Waals surface area contributed by atoms with Crippen molar-refractivity contribution in [2.45, 2.75) is 69.2 Å². The first-order valence-corrected chi connectivity index (χ1v) is 9.35. The second-order valence-electron chi connectivity index (χ2n) is 6.47. The highest BCUT2D eigenvalue weighted by Crippen LogP contribution is 2.25. The van der Waals surface area contributed by atoms with Gasteiger partial charge in [-0.1, -0.05) is 19.8 Å². The van der Waals surface area contributed by atoms with Crippen LogP contribution in [0, 0.1) is 5.92 Å². The highest BCUT2D eigenvalue weighted by Gasteiger charge is 2.27. The Hall–Kier alpha value is -0.850. The normalized spacial score (nSPS) is 26.9. The van der Waals surface area contributed by atoms with E-state index in [0.717, 1.165) is 19.3 Å². The molecule has 0 amide bonds. The fourth-order valence-electron chi connectivity index (χ4n) is 2.95. The van der Waals surface area contributed by atoms with E-state index in [-0.39, 0.29) is 11.1 Å². The molecule has 3 rings (SSSR count). The predicted octanol–water partition coefficient (Wildman–Crippen LogP) is 2.39. The summed E-state index contributed by atoms with van der Waals surface area (Å²) in [5, 5.41) is 3.35. The molecule has 1 heterocycles. The Morgan fingerprint density at radius 2 is 2.00 bits per heavy atom. The molecular weight excluding hydrogens is 288 g/mol. The van der Waals surface area contributed by atoms with Crippen molar-refractivity contribution >= 4 is 10.0 Å². The van der Waals surface area contributed by atoms with Gasteiger partial charge in [0.25, 0.3) is 10.0 Å². The lowest BCUT2D eigenvalue weighted by molar-refractivity contribution is 0.323. The van der Waals surface area contributed by atoms with Crippen molar-refractivity contribution in [1.29, 1.82) is 0 Å². The van der Waals surface area contributed by atoms with E-state index in [2.05, 4.69) is 17.0 Å². The Labute approximate surface area is 126 Å². The van der Waals surface area contributed by atoms with Gasteiger partial charge in [-0.3, -0.25) is 0 Å². The molecule has 2 saturated carbocycles. The molecule has 0 spiro atoms. The van der Waals surface area contributed by atoms with Crippen LogP contribution in [0.5, 0.6) is 0 Å². The van der Waals surface area contributed by atoms with Crippen LogP contribution in [0.2, 0.25) is 0 Å². The minimum atomic E-state index is -3.53. The summed E-state index contributed by atoms with van der Waals surface area (Å²) < 4.78 is 33.0. The molecule has 0 bridgehead atoms. The molecule has 0 aromatic carbocycles. The molecular formula is C15H24N2O3S. The lowest BCUT2D eigenvalue weighted by atomic mass is 9.88. The van der Waals surface area contributed by atoms with Crippen LogP contribution in [0.15, 0.2) is 21.6 Å². The van der Waals surface area contributed by atoms with Gasteiger partial charge in [0.2, 0.25) is 5.09 Å². The number of furan rings is 1. The summed E-state index contributed by atoms with van der Waals surface area (Å²) in [4.78, 5) is 0. The number of hydrogen-bond donors (Lipinski definition) is 2. The van der Waals surface area contributed by atoms with Crippen LogP contribution >= 0.6 is 0 Å². The van der Waals surface area contributed by atoms with Crippen molar-refractivity contribution in [3.63, 3.8) is 0 Å². The van der Waals surface area contributed by atoms with Gasteiger partial charge in [0.05, 0.1) is 6.54 Å². The lowest BCUT2D eigenvalue weighted by Crippen LogP contribution is -2.37. The van der Waals surface area contributed by atoms with Gasteiger partial charge in [-0.2, -0.15) is 0 Å². The first-order chi connectivity index (χ1) is 10.0. The highest BCUT2D eigenvalue weighted by molar-refractivity contribution is 7.89. The fraction of sp³-hybridized carbons (Fsp3) is 0.733. The smallest absolute Gasteiger partial charge is 0.274 e. The van der Waals surface area contributed by atoms with Crippen LogP contribution in [-0.2, 0) is 16.6 Å². The van der Waals surface area contributed by atoms with Crippen molar-refractivity contribution in [2.75, 3.05) is 0 Å². The van der Waals surface area contributed by atoms with Crippen LogP contribution in [-0.4, -0.2) is 20.5 Å². The van der Waals surface area contributed by atoms with E-state index in [1.165, 1.54) is 19.3 Å². The predicted molar refractivity (Wildman–Crippen MR) is 80.3 cm³/mol. The fourth-order valence-corrected chi connectivity index (χ4v) is 4.18. The van der Waals surface area contributed by atoms with Crippen molar-refractivity contribution in [2.24, 2.45) is 5.92 Å². The number of rotatable bonds is 6. The van der Waals surface area contributed by atoms with E-state index in [1.54, 1.807) is 12.1 Å². The molecule has 1 aromatic rings. The number of nitrogens with one attached hydrogen (secondary N) is 2. The van der Waals surface area contributed by atoms with E-state index < -0.39 is 10.0 Å². The van der Waals surface area contributed by atoms with Gasteiger partial charge in [0.1, 0.15) is 5.76 Å². The topological polar surface area (TPSA) is 71.3 Å². The second kappa shape index (κ2) is 6.10. The molecule has 0 aliphatic heterocycles. The summed E-state index contributed by atoms with van der Waals surface area (Å²) >= 11 is 0. The molecule has 2 aliphatic rings. The highest BCUT2D eigenvalue weighted by atomic mass is 32.2. The van der Waals surface area contributed by atoms with Gasteiger partial charge < -0.3 is 9.73 Å². The molecule has 118 valence electrons. The van der Waals surface area contributed by atoms with E-state index in [1.807, 2.05) is 0 Å². The van der Waals surface area contributed by atoms with Gasteiger partial charge in [0.15, 0.2) is 0 Å². The van der Waals surface area contributed by atoms with E-state index in [0.29, 0.717) is 24.3 Å². The first kappa shape index (κ1) is 15.1. The minimum Gasteiger partial charge on any atom is -0.447 e. The molecule has 2 atom stereocenters. The molecule has 2 N–H and O–H groups in total. The van der Waals surface area contributed by atoms with Crippen molar-refractivity contribution in [1.82, 2.24) is 10.0 Å². The second-order valence-corrected chi connectivity index (χ2v) is 8.11. The SMILES string of the molecule is CC1CCCC(NS(=O)(=O)c2ccc(CNC3CC3)o2)C1. The third kappa shape index (κ3) is 4.08. The minimum absolute atomic E-state index is 0.0355. The van der Waals surface area contributed by atoms with Crippen molar-refractivity contribution in [3.05, 3.63) is 17.9 Å². The third-order valence-electron chi connectivity index (χ3n) is 4.30. The summed E-state index contributed by atoms with van der Waals surface area (Å²) in [6, 6.07) is 3.92. The number of hydrogen-bond acceptors (Lipinski definition) is 4. The molecule has 5 nitrogen and oxygen atoms in total. The average molecular weight is 312 g/mol. The largest absolute Gasteiger partial charge is 0.447 e. The Morgan fingerprint density at radius 3 is 2.71 bits per heavy atom. The molecule has 2 unspecified atom stereocenters. The molecule has 0 radical (unpaired) electrons. The average Bonchev–Trinajstić information content (AvgIpc) is 3.12. The zero-order chi connectivity index (χ0) is 14.9. The van der Waals surface area contributed by atoms with Gasteiger partial charge in [-0.25, -0.2) is 13.1 Å². The van der Waals surface area contributed by atoms with E-state index >= 15 is 0 Å². The van der Waals surface area contributed by atoms with Gasteiger partial charge in [0, 0.05) is 12.1 Å². The van der Waals surface area contributed by atoms with E-state index in [4.69, 9.17) is 4.42 Å². The lowest BCUT2D eigenvalue weighted by Gasteiger charge is -2.26. The quantitative estimate of drug-likeness (QED) is 0.846. The molecule has 2 aliphatic carbocycles. The van der Waals surface area contributed by atoms with Crippen LogP contribution in [0.4, 0.5) is 0 Å². The molecule has 0 saturated heterocycles. The molecule has 6 heteroatoms. The van der Waals surface area contributed by atoms with Crippen LogP contribution < -0.4 is 10.0 Å². The van der Waals surface area contributed by atoms with Crippen LogP contribution in [0.25, 0.3) is 0 Å². The van der Waals surface area contributed by atoms with Crippen molar-refractivity contribution in [3.8, 4) is 0 Å². The summed E-state index contributed by atoms with van der Waals surface area (Å²) in [6.45, 7) is 2.77. The Morgan fingerprint density at radius 1 is 1.19 bits per heavy atom.